The minimum atomic E-state index is -0.802. The number of carbonyl (C=O) groups excluding carboxylic acids is 1. The van der Waals surface area contributed by atoms with E-state index in [-0.39, 0.29) is 11.0 Å². The molecule has 1 fully saturated rings. The summed E-state index contributed by atoms with van der Waals surface area (Å²) in [5.41, 5.74) is -0.413. The number of halogens is 1. The van der Waals surface area contributed by atoms with Gasteiger partial charge in [0.05, 0.1) is 6.61 Å². The fraction of sp³-hybridized carbons (Fsp3) is 0.633. The van der Waals surface area contributed by atoms with E-state index in [0.717, 1.165) is 63.5 Å². The van der Waals surface area contributed by atoms with E-state index in [1.165, 1.54) is 44.7 Å². The molecule has 0 N–H and O–H groups in total. The summed E-state index contributed by atoms with van der Waals surface area (Å²) in [6, 6.07) is 6.84. The molecule has 198 valence electrons. The number of hydrogen-bond donors (Lipinski definition) is 0. The van der Waals surface area contributed by atoms with Crippen molar-refractivity contribution in [3.05, 3.63) is 47.8 Å². The summed E-state index contributed by atoms with van der Waals surface area (Å²) in [6.45, 7) is 5.06. The molecule has 1 aliphatic carbocycles. The number of esters is 1. The van der Waals surface area contributed by atoms with Crippen LogP contribution in [0.5, 0.6) is 11.5 Å². The maximum absolute atomic E-state index is 15.0. The van der Waals surface area contributed by atoms with Crippen molar-refractivity contribution in [3.63, 3.8) is 0 Å². The van der Waals surface area contributed by atoms with Gasteiger partial charge in [0.2, 0.25) is 5.95 Å². The van der Waals surface area contributed by atoms with Gasteiger partial charge in [-0.05, 0) is 49.9 Å². The van der Waals surface area contributed by atoms with Crippen molar-refractivity contribution in [3.8, 4) is 11.5 Å². The highest BCUT2D eigenvalue weighted by Gasteiger charge is 2.37. The summed E-state index contributed by atoms with van der Waals surface area (Å²) >= 11 is 0. The Balaban J connectivity index is 1.55. The van der Waals surface area contributed by atoms with E-state index >= 15 is 0 Å². The number of benzene rings is 1. The Hall–Kier alpha value is -2.50. The minimum absolute atomic E-state index is 0.179. The quantitative estimate of drug-likeness (QED) is 0.107. The molecule has 0 spiro atoms. The lowest BCUT2D eigenvalue weighted by Gasteiger charge is -2.36. The second kappa shape index (κ2) is 14.9. The number of hydrogen-bond acceptors (Lipinski definition) is 5. The molecular weight excluding hydrogens is 455 g/mol. The van der Waals surface area contributed by atoms with Crippen molar-refractivity contribution >= 4 is 5.97 Å². The molecule has 0 unspecified atom stereocenters. The molecule has 1 saturated carbocycles. The first-order chi connectivity index (χ1) is 17.6. The van der Waals surface area contributed by atoms with Crippen LogP contribution < -0.4 is 9.47 Å². The second-order valence-electron chi connectivity index (χ2n) is 10.2. The van der Waals surface area contributed by atoms with E-state index in [1.54, 1.807) is 24.3 Å². The van der Waals surface area contributed by atoms with Crippen molar-refractivity contribution < 1.29 is 18.7 Å². The third-order valence-corrected chi connectivity index (χ3v) is 7.31. The normalized spacial score (nSPS) is 15.0. The third-order valence-electron chi connectivity index (χ3n) is 7.31. The van der Waals surface area contributed by atoms with Gasteiger partial charge in [-0.2, -0.15) is 4.39 Å². The van der Waals surface area contributed by atoms with Crippen LogP contribution in [0.2, 0.25) is 0 Å². The zero-order valence-corrected chi connectivity index (χ0v) is 22.2. The lowest BCUT2D eigenvalue weighted by Crippen LogP contribution is -2.32. The van der Waals surface area contributed by atoms with E-state index < -0.39 is 11.9 Å². The number of unbranched alkanes of at least 4 members (excludes halogenated alkanes) is 7. The first-order valence-corrected chi connectivity index (χ1v) is 14.1. The highest BCUT2D eigenvalue weighted by atomic mass is 19.1. The molecule has 0 bridgehead atoms. The number of ether oxygens (including phenoxy) is 2. The second-order valence-corrected chi connectivity index (χ2v) is 10.2. The van der Waals surface area contributed by atoms with Crippen molar-refractivity contribution in [1.29, 1.82) is 0 Å². The summed E-state index contributed by atoms with van der Waals surface area (Å²) < 4.78 is 26.1. The van der Waals surface area contributed by atoms with Crippen molar-refractivity contribution in [2.45, 2.75) is 116 Å². The first kappa shape index (κ1) is 28.1. The SMILES string of the molecule is CCCCCCCCOc1ccc(OC(=O)c2cnc(C3(CCCCC)CCCCC3)nc2F)cc1. The van der Waals surface area contributed by atoms with Crippen LogP contribution in [0.4, 0.5) is 4.39 Å². The fourth-order valence-electron chi connectivity index (χ4n) is 5.12. The molecule has 0 radical (unpaired) electrons. The average molecular weight is 499 g/mol. The molecule has 5 nitrogen and oxygen atoms in total. The maximum Gasteiger partial charge on any atom is 0.349 e. The smallest absolute Gasteiger partial charge is 0.349 e. The van der Waals surface area contributed by atoms with Crippen LogP contribution in [-0.4, -0.2) is 22.5 Å². The molecule has 1 aromatic carbocycles. The van der Waals surface area contributed by atoms with Crippen LogP contribution >= 0.6 is 0 Å². The van der Waals surface area contributed by atoms with Gasteiger partial charge in [-0.15, -0.1) is 0 Å². The molecule has 3 rings (SSSR count). The van der Waals surface area contributed by atoms with Gasteiger partial charge in [0.25, 0.3) is 0 Å². The molecule has 0 saturated heterocycles. The number of rotatable bonds is 15. The van der Waals surface area contributed by atoms with Crippen LogP contribution in [0.15, 0.2) is 30.5 Å². The Morgan fingerprint density at radius 3 is 2.22 bits per heavy atom. The molecule has 6 heteroatoms. The first-order valence-electron chi connectivity index (χ1n) is 14.1. The molecule has 0 amide bonds. The Morgan fingerprint density at radius 1 is 0.889 bits per heavy atom. The summed E-state index contributed by atoms with van der Waals surface area (Å²) in [4.78, 5) is 21.3. The summed E-state index contributed by atoms with van der Waals surface area (Å²) in [5, 5.41) is 0. The predicted octanol–water partition coefficient (Wildman–Crippen LogP) is 8.36. The van der Waals surface area contributed by atoms with E-state index in [4.69, 9.17) is 9.47 Å². The third kappa shape index (κ3) is 8.28. The van der Waals surface area contributed by atoms with Gasteiger partial charge in [0, 0.05) is 11.6 Å². The van der Waals surface area contributed by atoms with Crippen LogP contribution in [0.25, 0.3) is 0 Å². The zero-order valence-electron chi connectivity index (χ0n) is 22.2. The van der Waals surface area contributed by atoms with E-state index in [0.29, 0.717) is 18.2 Å². The molecule has 1 aliphatic rings. The standard InChI is InChI=1S/C30H43FN2O3/c1-3-5-7-8-9-14-22-35-24-15-17-25(18-16-24)36-28(34)26-23-32-29(33-27(26)31)30(19-11-6-4-2)20-12-10-13-21-30/h15-18,23H,3-14,19-22H2,1-2H3. The monoisotopic (exact) mass is 498 g/mol. The lowest BCUT2D eigenvalue weighted by molar-refractivity contribution is 0.0727. The molecule has 2 aromatic rings. The molecule has 1 heterocycles. The Labute approximate surface area is 216 Å². The van der Waals surface area contributed by atoms with Gasteiger partial charge < -0.3 is 9.47 Å². The van der Waals surface area contributed by atoms with Crippen molar-refractivity contribution in [1.82, 2.24) is 9.97 Å². The van der Waals surface area contributed by atoms with Crippen LogP contribution in [0.1, 0.15) is 126 Å². The summed E-state index contributed by atoms with van der Waals surface area (Å²) in [5.74, 6) is 0.00816. The Bertz CT molecular complexity index is 926. The highest BCUT2D eigenvalue weighted by molar-refractivity contribution is 5.90. The molecular formula is C30H43FN2O3. The van der Waals surface area contributed by atoms with Gasteiger partial charge >= 0.3 is 5.97 Å². The Morgan fingerprint density at radius 2 is 1.53 bits per heavy atom. The largest absolute Gasteiger partial charge is 0.494 e. The van der Waals surface area contributed by atoms with E-state index in [1.807, 2.05) is 0 Å². The van der Waals surface area contributed by atoms with Crippen LogP contribution in [0.3, 0.4) is 0 Å². The topological polar surface area (TPSA) is 61.3 Å². The zero-order chi connectivity index (χ0) is 25.6. The highest BCUT2D eigenvalue weighted by Crippen LogP contribution is 2.42. The van der Waals surface area contributed by atoms with E-state index in [2.05, 4.69) is 23.8 Å². The van der Waals surface area contributed by atoms with Crippen molar-refractivity contribution in [2.24, 2.45) is 0 Å². The number of aromatic nitrogens is 2. The fourth-order valence-corrected chi connectivity index (χ4v) is 5.12. The molecule has 0 aliphatic heterocycles. The maximum atomic E-state index is 15.0. The molecule has 0 atom stereocenters. The van der Waals surface area contributed by atoms with Crippen LogP contribution in [-0.2, 0) is 5.41 Å². The van der Waals surface area contributed by atoms with Gasteiger partial charge in [0.15, 0.2) is 0 Å². The van der Waals surface area contributed by atoms with E-state index in [9.17, 15) is 9.18 Å². The molecule has 36 heavy (non-hydrogen) atoms. The minimum Gasteiger partial charge on any atom is -0.494 e. The van der Waals surface area contributed by atoms with Crippen molar-refractivity contribution in [2.75, 3.05) is 6.61 Å². The average Bonchev–Trinajstić information content (AvgIpc) is 2.89. The van der Waals surface area contributed by atoms with Gasteiger partial charge in [-0.1, -0.05) is 84.5 Å². The number of carbonyl (C=O) groups is 1. The predicted molar refractivity (Wildman–Crippen MR) is 141 cm³/mol. The van der Waals surface area contributed by atoms with Gasteiger partial charge in [-0.25, -0.2) is 14.8 Å². The van der Waals surface area contributed by atoms with Gasteiger partial charge in [-0.3, -0.25) is 0 Å². The lowest BCUT2D eigenvalue weighted by atomic mass is 9.70. The van der Waals surface area contributed by atoms with Crippen LogP contribution in [0, 0.1) is 5.95 Å². The Kier molecular flexibility index (Phi) is 11.6. The molecule has 1 aromatic heterocycles. The summed E-state index contributed by atoms with van der Waals surface area (Å²) in [7, 11) is 0. The van der Waals surface area contributed by atoms with Gasteiger partial charge in [0.1, 0.15) is 22.9 Å². The summed E-state index contributed by atoms with van der Waals surface area (Å²) in [6.07, 6.45) is 18.3. The number of nitrogens with zero attached hydrogens (tertiary/aromatic N) is 2.